The van der Waals surface area contributed by atoms with Crippen LogP contribution in [0.2, 0.25) is 0 Å². The molecule has 1 fully saturated rings. The van der Waals surface area contributed by atoms with Gasteiger partial charge in [-0.3, -0.25) is 4.98 Å². The number of fused-ring (bicyclic) bond motifs is 3. The van der Waals surface area contributed by atoms with Crippen molar-refractivity contribution in [3.8, 4) is 16.8 Å². The van der Waals surface area contributed by atoms with Crippen molar-refractivity contribution in [1.82, 2.24) is 24.9 Å². The summed E-state index contributed by atoms with van der Waals surface area (Å²) in [6, 6.07) is 4.23. The molecule has 4 heterocycles. The molecule has 0 aromatic carbocycles. The van der Waals surface area contributed by atoms with Gasteiger partial charge in [-0.05, 0) is 24.8 Å². The Balaban J connectivity index is 0.000000181. The second-order valence-electron chi connectivity index (χ2n) is 6.58. The Morgan fingerprint density at radius 2 is 2.15 bits per heavy atom. The van der Waals surface area contributed by atoms with Gasteiger partial charge in [0, 0.05) is 25.6 Å². The van der Waals surface area contributed by atoms with Crippen molar-refractivity contribution in [3.05, 3.63) is 30.2 Å². The average molecular weight is 366 g/mol. The highest BCUT2D eigenvalue weighted by Gasteiger charge is 2.12. The third kappa shape index (κ3) is 3.46. The lowest BCUT2D eigenvalue weighted by molar-refractivity contribution is 0.364. The molecule has 0 aliphatic heterocycles. The van der Waals surface area contributed by atoms with E-state index in [1.165, 1.54) is 32.1 Å². The van der Waals surface area contributed by atoms with Gasteiger partial charge in [-0.25, -0.2) is 9.97 Å². The average Bonchev–Trinajstić information content (AvgIpc) is 3.41. The molecule has 0 amide bonds. The molecule has 1 aliphatic rings. The third-order valence-electron chi connectivity index (χ3n) is 4.81. The van der Waals surface area contributed by atoms with Crippen molar-refractivity contribution < 1.29 is 1.43 Å². The van der Waals surface area contributed by atoms with Gasteiger partial charge in [-0.2, -0.15) is 5.26 Å². The highest BCUT2D eigenvalue weighted by atomic mass is 32.1. The molecule has 0 unspecified atom stereocenters. The van der Waals surface area contributed by atoms with E-state index in [1.54, 1.807) is 23.0 Å². The lowest BCUT2D eigenvalue weighted by Crippen LogP contribution is -2.04. The van der Waals surface area contributed by atoms with Gasteiger partial charge >= 0.3 is 0 Å². The summed E-state index contributed by atoms with van der Waals surface area (Å²) in [5, 5.41) is 9.41. The van der Waals surface area contributed by atoms with Crippen molar-refractivity contribution in [2.24, 2.45) is 5.92 Å². The summed E-state index contributed by atoms with van der Waals surface area (Å²) in [6.45, 7) is 0. The van der Waals surface area contributed by atoms with Crippen LogP contribution in [0.25, 0.3) is 32.8 Å². The van der Waals surface area contributed by atoms with E-state index in [2.05, 4.69) is 31.0 Å². The maximum absolute atomic E-state index is 8.37. The smallest absolute Gasteiger partial charge is 0.150 e. The molecule has 0 spiro atoms. The van der Waals surface area contributed by atoms with Crippen molar-refractivity contribution in [1.29, 1.82) is 5.26 Å². The van der Waals surface area contributed by atoms with Crippen LogP contribution in [0.5, 0.6) is 0 Å². The third-order valence-corrected chi connectivity index (χ3v) is 5.59. The number of H-pyrrole nitrogens is 2. The predicted molar refractivity (Wildman–Crippen MR) is 106 cm³/mol. The van der Waals surface area contributed by atoms with Gasteiger partial charge in [-0.15, -0.1) is 11.3 Å². The first kappa shape index (κ1) is 16.7. The van der Waals surface area contributed by atoms with Crippen molar-refractivity contribution in [2.45, 2.75) is 38.5 Å². The van der Waals surface area contributed by atoms with E-state index in [4.69, 9.17) is 5.26 Å². The van der Waals surface area contributed by atoms with E-state index in [0.29, 0.717) is 0 Å². The molecule has 6 nitrogen and oxygen atoms in total. The van der Waals surface area contributed by atoms with Gasteiger partial charge in [0.05, 0.1) is 28.2 Å². The molecular weight excluding hydrogens is 344 g/mol. The molecule has 5 rings (SSSR count). The fraction of sp³-hybridized carbons (Fsp3) is 0.368. The molecule has 4 aromatic rings. The Kier molecular flexibility index (Phi) is 4.93. The monoisotopic (exact) mass is 366 g/mol. The largest absolute Gasteiger partial charge is 0.346 e. The number of nitriles is 1. The summed E-state index contributed by atoms with van der Waals surface area (Å²) >= 11 is 1.57. The Morgan fingerprint density at radius 3 is 2.92 bits per heavy atom. The fourth-order valence-electron chi connectivity index (χ4n) is 3.44. The lowest BCUT2D eigenvalue weighted by Gasteiger charge is -2.17. The SMILES string of the molecule is N#CCC1CCCCC1.[HH].c1cc2c(ncc3[nH]c(-c4cncs4)nc32)[nH]1. The number of nitrogens with one attached hydrogen (secondary N) is 2. The van der Waals surface area contributed by atoms with Crippen LogP contribution in [0.1, 0.15) is 40.0 Å². The number of rotatable bonds is 2. The summed E-state index contributed by atoms with van der Waals surface area (Å²) in [6.07, 6.45) is 13.0. The van der Waals surface area contributed by atoms with E-state index >= 15 is 0 Å². The van der Waals surface area contributed by atoms with Crippen LogP contribution in [-0.4, -0.2) is 24.9 Å². The van der Waals surface area contributed by atoms with Gasteiger partial charge in [-0.1, -0.05) is 19.3 Å². The molecule has 26 heavy (non-hydrogen) atoms. The van der Waals surface area contributed by atoms with Crippen LogP contribution in [0.3, 0.4) is 0 Å². The first-order valence-electron chi connectivity index (χ1n) is 8.93. The molecule has 0 radical (unpaired) electrons. The molecular formula is C19H22N6S. The summed E-state index contributed by atoms with van der Waals surface area (Å²) in [4.78, 5) is 20.4. The molecule has 4 aromatic heterocycles. The fourth-order valence-corrected chi connectivity index (χ4v) is 4.01. The van der Waals surface area contributed by atoms with Crippen LogP contribution >= 0.6 is 11.3 Å². The first-order chi connectivity index (χ1) is 12.8. The Hall–Kier alpha value is -2.72. The second-order valence-corrected chi connectivity index (χ2v) is 7.46. The molecule has 2 N–H and O–H groups in total. The number of aromatic amines is 2. The molecule has 134 valence electrons. The van der Waals surface area contributed by atoms with Crippen molar-refractivity contribution >= 4 is 33.4 Å². The topological polar surface area (TPSA) is 94.0 Å². The molecule has 0 saturated heterocycles. The quantitative estimate of drug-likeness (QED) is 0.504. The Bertz CT molecular complexity index is 1020. The molecule has 7 heteroatoms. The van der Waals surface area contributed by atoms with Crippen molar-refractivity contribution in [3.63, 3.8) is 0 Å². The zero-order valence-corrected chi connectivity index (χ0v) is 15.2. The minimum Gasteiger partial charge on any atom is -0.346 e. The lowest BCUT2D eigenvalue weighted by atomic mass is 9.87. The van der Waals surface area contributed by atoms with E-state index in [0.717, 1.165) is 45.1 Å². The minimum absolute atomic E-state index is 0. The van der Waals surface area contributed by atoms with Crippen LogP contribution in [-0.2, 0) is 0 Å². The van der Waals surface area contributed by atoms with Crippen LogP contribution < -0.4 is 0 Å². The Labute approximate surface area is 156 Å². The number of hydrogen-bond donors (Lipinski definition) is 2. The standard InChI is InChI=1S/C11H7N5S.C8H13N.H2/c1-2-13-10-6(1)9-7(3-14-10)15-11(16-9)8-4-12-5-17-8;9-7-6-8-4-2-1-3-5-8;/h1-5H,(H,13,14)(H,15,16);8H,1-6H2;1H. The minimum atomic E-state index is 0. The highest BCUT2D eigenvalue weighted by molar-refractivity contribution is 7.13. The number of pyridine rings is 1. The number of hydrogen-bond acceptors (Lipinski definition) is 5. The van der Waals surface area contributed by atoms with Gasteiger partial charge in [0.25, 0.3) is 0 Å². The predicted octanol–water partition coefficient (Wildman–Crippen LogP) is 5.29. The molecule has 0 atom stereocenters. The summed E-state index contributed by atoms with van der Waals surface area (Å²) in [5.41, 5.74) is 4.55. The summed E-state index contributed by atoms with van der Waals surface area (Å²) < 4.78 is 0. The number of thiazole rings is 1. The summed E-state index contributed by atoms with van der Waals surface area (Å²) in [7, 11) is 0. The zero-order chi connectivity index (χ0) is 17.8. The normalized spacial score (nSPS) is 14.9. The van der Waals surface area contributed by atoms with Gasteiger partial charge in [0.1, 0.15) is 17.0 Å². The van der Waals surface area contributed by atoms with E-state index in [-0.39, 0.29) is 1.43 Å². The number of nitrogens with zero attached hydrogens (tertiary/aromatic N) is 4. The van der Waals surface area contributed by atoms with Gasteiger partial charge < -0.3 is 9.97 Å². The number of imidazole rings is 1. The van der Waals surface area contributed by atoms with Crippen LogP contribution in [0.4, 0.5) is 0 Å². The van der Waals surface area contributed by atoms with Crippen molar-refractivity contribution in [2.75, 3.05) is 0 Å². The van der Waals surface area contributed by atoms with Gasteiger partial charge in [0.15, 0.2) is 0 Å². The molecule has 1 saturated carbocycles. The van der Waals surface area contributed by atoms with Crippen LogP contribution in [0.15, 0.2) is 30.2 Å². The number of aromatic nitrogens is 5. The zero-order valence-electron chi connectivity index (χ0n) is 14.4. The van der Waals surface area contributed by atoms with Crippen LogP contribution in [0, 0.1) is 17.2 Å². The van der Waals surface area contributed by atoms with E-state index < -0.39 is 0 Å². The highest BCUT2D eigenvalue weighted by Crippen LogP contribution is 2.27. The van der Waals surface area contributed by atoms with E-state index in [1.807, 2.05) is 18.5 Å². The first-order valence-corrected chi connectivity index (χ1v) is 9.80. The second kappa shape index (κ2) is 7.67. The molecule has 0 bridgehead atoms. The maximum Gasteiger partial charge on any atom is 0.150 e. The Morgan fingerprint density at radius 1 is 1.27 bits per heavy atom. The van der Waals surface area contributed by atoms with E-state index in [9.17, 15) is 0 Å². The summed E-state index contributed by atoms with van der Waals surface area (Å²) in [5.74, 6) is 1.58. The maximum atomic E-state index is 8.37. The van der Waals surface area contributed by atoms with Gasteiger partial charge in [0.2, 0.25) is 0 Å². The molecule has 1 aliphatic carbocycles.